The van der Waals surface area contributed by atoms with Gasteiger partial charge in [0.15, 0.2) is 5.58 Å². The molecule has 0 bridgehead atoms. The van der Waals surface area contributed by atoms with Gasteiger partial charge in [-0.15, -0.1) is 0 Å². The van der Waals surface area contributed by atoms with E-state index in [9.17, 15) is 0 Å². The first-order valence-electron chi connectivity index (χ1n) is 5.80. The van der Waals surface area contributed by atoms with Crippen LogP contribution >= 0.6 is 11.6 Å². The van der Waals surface area contributed by atoms with Crippen molar-refractivity contribution in [1.82, 2.24) is 15.4 Å². The molecular weight excluding hydrogens is 238 g/mol. The number of halogens is 1. The fourth-order valence-corrected chi connectivity index (χ4v) is 2.33. The predicted octanol–water partition coefficient (Wildman–Crippen LogP) is 1.89. The average molecular weight is 252 g/mol. The van der Waals surface area contributed by atoms with Gasteiger partial charge in [0.05, 0.1) is 0 Å². The van der Waals surface area contributed by atoms with Crippen LogP contribution in [0, 0.1) is 0 Å². The van der Waals surface area contributed by atoms with Crippen LogP contribution in [0.3, 0.4) is 0 Å². The highest BCUT2D eigenvalue weighted by Crippen LogP contribution is 2.23. The number of aromatic nitrogens is 1. The standard InChI is InChI=1S/C12H14ClN3O/c13-9-1-2-12-10(7-9)11(15-17-12)8-16-5-3-14-4-6-16/h1-2,7,14H,3-6,8H2. The Balaban J connectivity index is 1.86. The van der Waals surface area contributed by atoms with Crippen molar-refractivity contribution < 1.29 is 4.52 Å². The van der Waals surface area contributed by atoms with Gasteiger partial charge in [-0.25, -0.2) is 0 Å². The monoisotopic (exact) mass is 251 g/mol. The topological polar surface area (TPSA) is 41.3 Å². The Labute approximate surface area is 105 Å². The lowest BCUT2D eigenvalue weighted by Gasteiger charge is -2.26. The minimum absolute atomic E-state index is 0.724. The summed E-state index contributed by atoms with van der Waals surface area (Å²) in [5.74, 6) is 0. The third-order valence-electron chi connectivity index (χ3n) is 3.09. The lowest BCUT2D eigenvalue weighted by atomic mass is 10.2. The van der Waals surface area contributed by atoms with Crippen LogP contribution in [-0.2, 0) is 6.54 Å². The lowest BCUT2D eigenvalue weighted by Crippen LogP contribution is -2.42. The third kappa shape index (κ3) is 2.29. The number of nitrogens with zero attached hydrogens (tertiary/aromatic N) is 2. The number of hydrogen-bond donors (Lipinski definition) is 1. The van der Waals surface area contributed by atoms with E-state index in [0.717, 1.165) is 54.4 Å². The first-order chi connectivity index (χ1) is 8.33. The number of hydrogen-bond acceptors (Lipinski definition) is 4. The largest absolute Gasteiger partial charge is 0.356 e. The molecule has 1 aliphatic heterocycles. The van der Waals surface area contributed by atoms with Crippen molar-refractivity contribution in [2.24, 2.45) is 0 Å². The third-order valence-corrected chi connectivity index (χ3v) is 3.32. The van der Waals surface area contributed by atoms with E-state index >= 15 is 0 Å². The molecule has 1 aliphatic rings. The maximum atomic E-state index is 6.00. The van der Waals surface area contributed by atoms with Gasteiger partial charge in [-0.05, 0) is 18.2 Å². The van der Waals surface area contributed by atoms with E-state index in [1.54, 1.807) is 0 Å². The lowest BCUT2D eigenvalue weighted by molar-refractivity contribution is 0.227. The van der Waals surface area contributed by atoms with Crippen LogP contribution in [0.4, 0.5) is 0 Å². The number of benzene rings is 1. The van der Waals surface area contributed by atoms with Gasteiger partial charge < -0.3 is 9.84 Å². The summed E-state index contributed by atoms with van der Waals surface area (Å²) in [5, 5.41) is 9.22. The minimum atomic E-state index is 0.724. The fourth-order valence-electron chi connectivity index (χ4n) is 2.16. The van der Waals surface area contributed by atoms with Crippen molar-refractivity contribution in [3.63, 3.8) is 0 Å². The number of rotatable bonds is 2. The van der Waals surface area contributed by atoms with Gasteiger partial charge in [0.1, 0.15) is 5.69 Å². The molecule has 0 radical (unpaired) electrons. The van der Waals surface area contributed by atoms with Gasteiger partial charge >= 0.3 is 0 Å². The Morgan fingerprint density at radius 3 is 3.00 bits per heavy atom. The molecule has 0 unspecified atom stereocenters. The van der Waals surface area contributed by atoms with E-state index in [2.05, 4.69) is 15.4 Å². The SMILES string of the molecule is Clc1ccc2onc(CN3CCNCC3)c2c1. The Morgan fingerprint density at radius 1 is 1.35 bits per heavy atom. The molecule has 1 aromatic heterocycles. The minimum Gasteiger partial charge on any atom is -0.356 e. The van der Waals surface area contributed by atoms with Crippen LogP contribution in [0.5, 0.6) is 0 Å². The Morgan fingerprint density at radius 2 is 2.18 bits per heavy atom. The van der Waals surface area contributed by atoms with Gasteiger partial charge in [-0.2, -0.15) is 0 Å². The van der Waals surface area contributed by atoms with E-state index in [4.69, 9.17) is 16.1 Å². The van der Waals surface area contributed by atoms with Gasteiger partial charge in [0.25, 0.3) is 0 Å². The van der Waals surface area contributed by atoms with Crippen molar-refractivity contribution in [3.8, 4) is 0 Å². The molecule has 0 amide bonds. The van der Waals surface area contributed by atoms with Crippen molar-refractivity contribution in [3.05, 3.63) is 28.9 Å². The second kappa shape index (κ2) is 4.64. The predicted molar refractivity (Wildman–Crippen MR) is 67.2 cm³/mol. The molecule has 1 N–H and O–H groups in total. The molecule has 1 aromatic carbocycles. The highest BCUT2D eigenvalue weighted by Gasteiger charge is 2.15. The van der Waals surface area contributed by atoms with E-state index in [-0.39, 0.29) is 0 Å². The molecule has 0 saturated carbocycles. The van der Waals surface area contributed by atoms with Crippen LogP contribution in [-0.4, -0.2) is 36.2 Å². The summed E-state index contributed by atoms with van der Waals surface area (Å²) in [7, 11) is 0. The Hall–Kier alpha value is -1.10. The summed E-state index contributed by atoms with van der Waals surface area (Å²) in [5.41, 5.74) is 1.78. The molecule has 1 saturated heterocycles. The van der Waals surface area contributed by atoms with Gasteiger partial charge in [0.2, 0.25) is 0 Å². The van der Waals surface area contributed by atoms with E-state index in [0.29, 0.717) is 0 Å². The van der Waals surface area contributed by atoms with Gasteiger partial charge in [-0.1, -0.05) is 16.8 Å². The highest BCUT2D eigenvalue weighted by molar-refractivity contribution is 6.31. The fraction of sp³-hybridized carbons (Fsp3) is 0.417. The molecule has 0 atom stereocenters. The Kier molecular flexibility index (Phi) is 3.01. The van der Waals surface area contributed by atoms with Crippen LogP contribution in [0.25, 0.3) is 11.0 Å². The molecule has 2 heterocycles. The Bertz CT molecular complexity index is 519. The van der Waals surface area contributed by atoms with Gasteiger partial charge in [0, 0.05) is 43.1 Å². The summed E-state index contributed by atoms with van der Waals surface area (Å²) < 4.78 is 5.29. The molecule has 90 valence electrons. The molecule has 4 nitrogen and oxygen atoms in total. The van der Waals surface area contributed by atoms with Crippen LogP contribution < -0.4 is 5.32 Å². The maximum absolute atomic E-state index is 6.00. The molecule has 0 aliphatic carbocycles. The second-order valence-corrected chi connectivity index (χ2v) is 4.73. The first-order valence-corrected chi connectivity index (χ1v) is 6.17. The second-order valence-electron chi connectivity index (χ2n) is 4.30. The van der Waals surface area contributed by atoms with Crippen molar-refractivity contribution in [1.29, 1.82) is 0 Å². The first kappa shape index (κ1) is 11.0. The zero-order valence-corrected chi connectivity index (χ0v) is 10.2. The summed E-state index contributed by atoms with van der Waals surface area (Å²) in [6.07, 6.45) is 0. The molecule has 17 heavy (non-hydrogen) atoms. The van der Waals surface area contributed by atoms with Crippen molar-refractivity contribution in [2.45, 2.75) is 6.54 Å². The van der Waals surface area contributed by atoms with E-state index in [1.165, 1.54) is 0 Å². The maximum Gasteiger partial charge on any atom is 0.167 e. The molecular formula is C12H14ClN3O. The zero-order valence-electron chi connectivity index (χ0n) is 9.45. The normalized spacial score (nSPS) is 17.7. The highest BCUT2D eigenvalue weighted by atomic mass is 35.5. The molecule has 1 fully saturated rings. The van der Waals surface area contributed by atoms with E-state index in [1.807, 2.05) is 18.2 Å². The average Bonchev–Trinajstić information content (AvgIpc) is 2.73. The molecule has 5 heteroatoms. The van der Waals surface area contributed by atoms with Crippen LogP contribution in [0.1, 0.15) is 5.69 Å². The molecule has 2 aromatic rings. The number of nitrogens with one attached hydrogen (secondary N) is 1. The van der Waals surface area contributed by atoms with Gasteiger partial charge in [-0.3, -0.25) is 4.90 Å². The van der Waals surface area contributed by atoms with Crippen molar-refractivity contribution in [2.75, 3.05) is 26.2 Å². The number of fused-ring (bicyclic) bond motifs is 1. The van der Waals surface area contributed by atoms with Crippen molar-refractivity contribution >= 4 is 22.6 Å². The number of piperazine rings is 1. The summed E-state index contributed by atoms with van der Waals surface area (Å²) in [6.45, 7) is 5.01. The summed E-state index contributed by atoms with van der Waals surface area (Å²) in [6, 6.07) is 5.61. The quantitative estimate of drug-likeness (QED) is 0.885. The molecule has 0 spiro atoms. The van der Waals surface area contributed by atoms with Crippen LogP contribution in [0.15, 0.2) is 22.7 Å². The molecule has 3 rings (SSSR count). The smallest absolute Gasteiger partial charge is 0.167 e. The summed E-state index contributed by atoms with van der Waals surface area (Å²) in [4.78, 5) is 2.37. The summed E-state index contributed by atoms with van der Waals surface area (Å²) >= 11 is 6.00. The van der Waals surface area contributed by atoms with Crippen LogP contribution in [0.2, 0.25) is 5.02 Å². The van der Waals surface area contributed by atoms with E-state index < -0.39 is 0 Å². The zero-order chi connectivity index (χ0) is 11.7.